The van der Waals surface area contributed by atoms with Crippen LogP contribution in [0.4, 0.5) is 0 Å². The molecule has 3 N–H and O–H groups in total. The molecule has 0 heterocycles. The van der Waals surface area contributed by atoms with Gasteiger partial charge in [0.05, 0.1) is 25.4 Å². The van der Waals surface area contributed by atoms with E-state index in [2.05, 4.69) is 55.6 Å². The maximum Gasteiger partial charge on any atom is 0.305 e. The van der Waals surface area contributed by atoms with Gasteiger partial charge in [-0.3, -0.25) is 9.59 Å². The molecule has 0 spiro atoms. The quantitative estimate of drug-likeness (QED) is 0.0321. The van der Waals surface area contributed by atoms with Gasteiger partial charge in [0, 0.05) is 12.8 Å². The molecule has 406 valence electrons. The van der Waals surface area contributed by atoms with E-state index in [9.17, 15) is 19.8 Å². The number of aliphatic hydroxyl groups excluding tert-OH is 2. The zero-order chi connectivity index (χ0) is 50.0. The highest BCUT2D eigenvalue weighted by Crippen LogP contribution is 2.17. The van der Waals surface area contributed by atoms with E-state index in [4.69, 9.17) is 4.74 Å². The van der Waals surface area contributed by atoms with Crippen LogP contribution in [0.15, 0.2) is 36.5 Å². The molecule has 0 aromatic rings. The van der Waals surface area contributed by atoms with Gasteiger partial charge in [0.1, 0.15) is 0 Å². The van der Waals surface area contributed by atoms with E-state index in [-0.39, 0.29) is 18.5 Å². The number of aliphatic hydroxyl groups is 2. The van der Waals surface area contributed by atoms with Crippen molar-refractivity contribution in [3.63, 3.8) is 0 Å². The van der Waals surface area contributed by atoms with Gasteiger partial charge < -0.3 is 20.3 Å². The number of rotatable bonds is 57. The summed E-state index contributed by atoms with van der Waals surface area (Å²) in [5.41, 5.74) is 0. The van der Waals surface area contributed by atoms with E-state index in [0.29, 0.717) is 25.9 Å². The zero-order valence-electron chi connectivity index (χ0n) is 46.3. The summed E-state index contributed by atoms with van der Waals surface area (Å²) in [4.78, 5) is 24.5. The molecular formula is C63H119NO5. The first-order chi connectivity index (χ1) is 34.0. The summed E-state index contributed by atoms with van der Waals surface area (Å²) in [6, 6.07) is -0.546. The standard InChI is InChI=1S/C63H119NO5/c1-3-5-7-9-11-13-15-17-19-28-31-35-39-43-47-51-55-61(66)60(59-65)64-62(67)56-52-48-44-40-36-32-29-25-23-21-20-22-24-26-30-34-38-42-46-50-54-58-69-63(68)57-53-49-45-41-37-33-27-18-16-14-12-10-8-6-4-2/h18,27,34,38,46,50,60-61,65-66H,3-17,19-26,28-33,35-37,39-45,47-49,51-59H2,1-2H3,(H,64,67)/b27-18-,38-34-,50-46-. The van der Waals surface area contributed by atoms with Crippen LogP contribution < -0.4 is 5.32 Å². The van der Waals surface area contributed by atoms with Crippen molar-refractivity contribution in [2.45, 2.75) is 341 Å². The fourth-order valence-corrected chi connectivity index (χ4v) is 9.47. The molecule has 0 bridgehead atoms. The number of carbonyl (C=O) groups is 2. The van der Waals surface area contributed by atoms with E-state index in [1.165, 1.54) is 244 Å². The Kier molecular flexibility index (Phi) is 57.0. The summed E-state index contributed by atoms with van der Waals surface area (Å²) in [7, 11) is 0. The molecule has 0 saturated heterocycles. The Morgan fingerprint density at radius 1 is 0.406 bits per heavy atom. The number of esters is 1. The van der Waals surface area contributed by atoms with Gasteiger partial charge in [0.15, 0.2) is 0 Å². The maximum atomic E-state index is 12.5. The first-order valence-electron chi connectivity index (χ1n) is 30.7. The summed E-state index contributed by atoms with van der Waals surface area (Å²) in [5, 5.41) is 23.3. The van der Waals surface area contributed by atoms with Gasteiger partial charge in [-0.15, -0.1) is 0 Å². The number of hydrogen-bond donors (Lipinski definition) is 3. The fraction of sp³-hybridized carbons (Fsp3) is 0.873. The Bertz CT molecular complexity index is 1120. The largest absolute Gasteiger partial charge is 0.465 e. The third-order valence-corrected chi connectivity index (χ3v) is 14.2. The lowest BCUT2D eigenvalue weighted by Crippen LogP contribution is -2.45. The van der Waals surface area contributed by atoms with Crippen molar-refractivity contribution in [3.8, 4) is 0 Å². The van der Waals surface area contributed by atoms with Crippen molar-refractivity contribution in [2.24, 2.45) is 0 Å². The summed E-state index contributed by atoms with van der Waals surface area (Å²) < 4.78 is 5.41. The molecule has 0 fully saturated rings. The van der Waals surface area contributed by atoms with Crippen LogP contribution in [0.25, 0.3) is 0 Å². The molecule has 6 heteroatoms. The van der Waals surface area contributed by atoms with Crippen LogP contribution in [0.3, 0.4) is 0 Å². The lowest BCUT2D eigenvalue weighted by atomic mass is 10.0. The van der Waals surface area contributed by atoms with E-state index < -0.39 is 12.1 Å². The summed E-state index contributed by atoms with van der Waals surface area (Å²) in [6.07, 6.45) is 73.0. The third-order valence-electron chi connectivity index (χ3n) is 14.2. The van der Waals surface area contributed by atoms with Crippen molar-refractivity contribution in [2.75, 3.05) is 13.2 Å². The maximum absolute atomic E-state index is 12.5. The van der Waals surface area contributed by atoms with Gasteiger partial charge in [-0.2, -0.15) is 0 Å². The molecule has 1 amide bonds. The average Bonchev–Trinajstić information content (AvgIpc) is 3.35. The lowest BCUT2D eigenvalue weighted by Gasteiger charge is -2.22. The number of carbonyl (C=O) groups excluding carboxylic acids is 2. The Hall–Kier alpha value is -1.92. The first kappa shape index (κ1) is 67.1. The van der Waals surface area contributed by atoms with Gasteiger partial charge in [0.2, 0.25) is 5.91 Å². The fourth-order valence-electron chi connectivity index (χ4n) is 9.47. The van der Waals surface area contributed by atoms with Gasteiger partial charge in [-0.05, 0) is 70.6 Å². The van der Waals surface area contributed by atoms with Crippen LogP contribution in [0.5, 0.6) is 0 Å². The number of allylic oxidation sites excluding steroid dienone is 5. The SMILES string of the molecule is CCCCCCCC/C=C\CCCCCCCC(=O)OCC/C=C\C/C=C\CCCCCCCCCCCCCCCCC(=O)NC(CO)C(O)CCCCCCCCCCCCCCCCCC. The van der Waals surface area contributed by atoms with Gasteiger partial charge in [-0.25, -0.2) is 0 Å². The monoisotopic (exact) mass is 970 g/mol. The molecule has 2 unspecified atom stereocenters. The highest BCUT2D eigenvalue weighted by atomic mass is 16.5. The van der Waals surface area contributed by atoms with Crippen LogP contribution in [-0.4, -0.2) is 47.4 Å². The number of nitrogens with one attached hydrogen (secondary N) is 1. The van der Waals surface area contributed by atoms with Crippen LogP contribution in [0.1, 0.15) is 328 Å². The highest BCUT2D eigenvalue weighted by Gasteiger charge is 2.20. The van der Waals surface area contributed by atoms with Crippen molar-refractivity contribution in [3.05, 3.63) is 36.5 Å². The molecule has 0 aliphatic heterocycles. The predicted molar refractivity (Wildman–Crippen MR) is 301 cm³/mol. The average molecular weight is 971 g/mol. The van der Waals surface area contributed by atoms with Gasteiger partial charge >= 0.3 is 5.97 Å². The van der Waals surface area contributed by atoms with Crippen molar-refractivity contribution in [1.29, 1.82) is 0 Å². The molecule has 0 saturated carbocycles. The van der Waals surface area contributed by atoms with Crippen LogP contribution >= 0.6 is 0 Å². The molecule has 0 aliphatic rings. The van der Waals surface area contributed by atoms with E-state index in [1.807, 2.05) is 0 Å². The van der Waals surface area contributed by atoms with Crippen molar-refractivity contribution in [1.82, 2.24) is 5.32 Å². The Balaban J connectivity index is 3.45. The smallest absolute Gasteiger partial charge is 0.305 e. The normalized spacial score (nSPS) is 12.8. The molecular weight excluding hydrogens is 851 g/mol. The molecule has 0 radical (unpaired) electrons. The number of amides is 1. The second kappa shape index (κ2) is 58.6. The summed E-state index contributed by atoms with van der Waals surface area (Å²) in [6.45, 7) is 4.85. The minimum atomic E-state index is -0.668. The summed E-state index contributed by atoms with van der Waals surface area (Å²) in [5.74, 6) is -0.0812. The summed E-state index contributed by atoms with van der Waals surface area (Å²) >= 11 is 0. The van der Waals surface area contributed by atoms with Crippen LogP contribution in [0, 0.1) is 0 Å². The van der Waals surface area contributed by atoms with E-state index >= 15 is 0 Å². The van der Waals surface area contributed by atoms with E-state index in [0.717, 1.165) is 51.4 Å². The molecule has 0 rings (SSSR count). The Morgan fingerprint density at radius 3 is 1.12 bits per heavy atom. The zero-order valence-corrected chi connectivity index (χ0v) is 46.3. The molecule has 69 heavy (non-hydrogen) atoms. The van der Waals surface area contributed by atoms with Gasteiger partial charge in [0.25, 0.3) is 0 Å². The van der Waals surface area contributed by atoms with Gasteiger partial charge in [-0.1, -0.05) is 281 Å². The van der Waals surface area contributed by atoms with E-state index in [1.54, 1.807) is 0 Å². The second-order valence-electron chi connectivity index (χ2n) is 21.0. The number of unbranched alkanes of at least 4 members (excludes halogenated alkanes) is 40. The minimum absolute atomic E-state index is 0.0382. The molecule has 2 atom stereocenters. The molecule has 6 nitrogen and oxygen atoms in total. The molecule has 0 aromatic carbocycles. The first-order valence-corrected chi connectivity index (χ1v) is 30.7. The third kappa shape index (κ3) is 55.2. The number of hydrogen-bond acceptors (Lipinski definition) is 5. The number of ether oxygens (including phenoxy) is 1. The second-order valence-corrected chi connectivity index (χ2v) is 21.0. The lowest BCUT2D eigenvalue weighted by molar-refractivity contribution is -0.143. The molecule has 0 aromatic heterocycles. The van der Waals surface area contributed by atoms with Crippen molar-refractivity contribution < 1.29 is 24.5 Å². The predicted octanol–water partition coefficient (Wildman–Crippen LogP) is 19.2. The highest BCUT2D eigenvalue weighted by molar-refractivity contribution is 5.76. The van der Waals surface area contributed by atoms with Crippen LogP contribution in [0.2, 0.25) is 0 Å². The van der Waals surface area contributed by atoms with Crippen molar-refractivity contribution >= 4 is 11.9 Å². The Labute approximate surface area is 430 Å². The topological polar surface area (TPSA) is 95.9 Å². The van der Waals surface area contributed by atoms with Crippen LogP contribution in [-0.2, 0) is 14.3 Å². The minimum Gasteiger partial charge on any atom is -0.465 e. The Morgan fingerprint density at radius 2 is 0.725 bits per heavy atom. The molecule has 0 aliphatic carbocycles.